The van der Waals surface area contributed by atoms with Crippen LogP contribution in [0.4, 0.5) is 0 Å². The minimum Gasteiger partial charge on any atom is -0.456 e. The van der Waals surface area contributed by atoms with Crippen LogP contribution in [-0.4, -0.2) is 74.3 Å². The van der Waals surface area contributed by atoms with E-state index in [1.165, 1.54) is 77.0 Å². The van der Waals surface area contributed by atoms with Crippen molar-refractivity contribution in [2.45, 2.75) is 232 Å². The molecule has 0 rings (SSSR count). The lowest BCUT2D eigenvalue weighted by Crippen LogP contribution is -2.47. The first-order chi connectivity index (χ1) is 31.9. The second-order valence-electron chi connectivity index (χ2n) is 19.0. The van der Waals surface area contributed by atoms with Crippen molar-refractivity contribution < 1.29 is 37.3 Å². The zero-order valence-corrected chi connectivity index (χ0v) is 44.3. The summed E-state index contributed by atoms with van der Waals surface area (Å²) in [7, 11) is 1.47. The molecule has 3 atom stereocenters. The van der Waals surface area contributed by atoms with Crippen LogP contribution in [0.3, 0.4) is 0 Å². The van der Waals surface area contributed by atoms with E-state index in [2.05, 4.69) is 86.8 Å². The van der Waals surface area contributed by atoms with Gasteiger partial charge in [0.25, 0.3) is 0 Å². The largest absolute Gasteiger partial charge is 0.472 e. The van der Waals surface area contributed by atoms with Gasteiger partial charge >= 0.3 is 13.8 Å². The molecular weight excluding hydrogens is 844 g/mol. The number of carbonyl (C=O) groups is 2. The highest BCUT2D eigenvalue weighted by Crippen LogP contribution is 2.43. The Hall–Kier alpha value is -2.55. The van der Waals surface area contributed by atoms with Gasteiger partial charge in [-0.25, -0.2) is 4.57 Å². The summed E-state index contributed by atoms with van der Waals surface area (Å²) < 4.78 is 30.5. The highest BCUT2D eigenvalue weighted by Gasteiger charge is 2.30. The maximum absolute atomic E-state index is 13.4. The van der Waals surface area contributed by atoms with Crippen molar-refractivity contribution in [3.8, 4) is 0 Å². The van der Waals surface area contributed by atoms with Crippen LogP contribution in [0.2, 0.25) is 0 Å². The zero-order valence-electron chi connectivity index (χ0n) is 43.4. The standard InChI is InChI=1S/C56H101N2O7P/c1-7-10-13-16-19-22-25-28-31-33-36-39-42-45-48-55(59)57-53(52-64-66(61,62)63-51-50-58(4,5)6)54(47-44-41-38-35-32-29-26-23-20-17-14-11-8-2)65-56(60)49-46-43-40-37-34-30-27-24-21-18-15-12-9-3/h10,12-13,15,18-19,21-22,24,27,44,47,53-54H,7-9,11,14,16-17,20,23,25-26,28-43,45-46,48-52H2,1-6H3,(H-,57,59,61,62)/p+1/b13-10+,15-12+,21-18+,22-19+,27-24-,47-44+. The number of phosphoric ester groups is 1. The van der Waals surface area contributed by atoms with Crippen LogP contribution in [0.1, 0.15) is 220 Å². The topological polar surface area (TPSA) is 111 Å². The van der Waals surface area contributed by atoms with Crippen molar-refractivity contribution >= 4 is 19.7 Å². The summed E-state index contributed by atoms with van der Waals surface area (Å²) in [5.74, 6) is -0.543. The number of hydrogen-bond acceptors (Lipinski definition) is 6. The van der Waals surface area contributed by atoms with Crippen molar-refractivity contribution in [2.24, 2.45) is 0 Å². The van der Waals surface area contributed by atoms with Crippen LogP contribution in [0.5, 0.6) is 0 Å². The number of phosphoric acid groups is 1. The average Bonchev–Trinajstić information content (AvgIpc) is 3.27. The fourth-order valence-electron chi connectivity index (χ4n) is 7.33. The average molecular weight is 946 g/mol. The summed E-state index contributed by atoms with van der Waals surface area (Å²) in [4.78, 5) is 37.5. The zero-order chi connectivity index (χ0) is 48.7. The van der Waals surface area contributed by atoms with Gasteiger partial charge < -0.3 is 19.4 Å². The third-order valence-electron chi connectivity index (χ3n) is 11.5. The first-order valence-corrected chi connectivity index (χ1v) is 28.3. The lowest BCUT2D eigenvalue weighted by Gasteiger charge is -2.27. The Morgan fingerprint density at radius 1 is 0.561 bits per heavy atom. The molecule has 0 spiro atoms. The molecule has 0 radical (unpaired) electrons. The molecule has 0 aromatic rings. The van der Waals surface area contributed by atoms with E-state index in [0.717, 1.165) is 103 Å². The Balaban J connectivity index is 5.47. The summed E-state index contributed by atoms with van der Waals surface area (Å²) >= 11 is 0. The Bertz CT molecular complexity index is 1370. The van der Waals surface area contributed by atoms with E-state index in [-0.39, 0.29) is 31.5 Å². The number of hydrogen-bond donors (Lipinski definition) is 2. The first kappa shape index (κ1) is 63.5. The minimum absolute atomic E-state index is 0.0323. The summed E-state index contributed by atoms with van der Waals surface area (Å²) in [6.45, 7) is 6.74. The van der Waals surface area contributed by atoms with E-state index in [9.17, 15) is 19.0 Å². The minimum atomic E-state index is -4.45. The molecule has 0 saturated carbocycles. The Kier molecular flexibility index (Phi) is 44.4. The van der Waals surface area contributed by atoms with Gasteiger partial charge in [0.15, 0.2) is 0 Å². The Morgan fingerprint density at radius 2 is 1.05 bits per heavy atom. The molecule has 0 bridgehead atoms. The summed E-state index contributed by atoms with van der Waals surface area (Å²) in [6.07, 6.45) is 57.5. The molecule has 0 saturated heterocycles. The molecule has 0 fully saturated rings. The monoisotopic (exact) mass is 946 g/mol. The Morgan fingerprint density at radius 3 is 1.61 bits per heavy atom. The fourth-order valence-corrected chi connectivity index (χ4v) is 8.07. The normalized spacial score (nSPS) is 14.5. The van der Waals surface area contributed by atoms with Gasteiger partial charge in [0.2, 0.25) is 5.91 Å². The second kappa shape index (κ2) is 46.2. The van der Waals surface area contributed by atoms with Gasteiger partial charge in [-0.1, -0.05) is 203 Å². The van der Waals surface area contributed by atoms with Crippen LogP contribution in [0.25, 0.3) is 0 Å². The molecule has 1 amide bonds. The predicted octanol–water partition coefficient (Wildman–Crippen LogP) is 15.7. The van der Waals surface area contributed by atoms with Gasteiger partial charge in [0.05, 0.1) is 33.8 Å². The number of quaternary nitrogens is 1. The van der Waals surface area contributed by atoms with Crippen molar-refractivity contribution in [1.29, 1.82) is 0 Å². The molecule has 0 aromatic carbocycles. The second-order valence-corrected chi connectivity index (χ2v) is 20.5. The molecule has 0 heterocycles. The highest BCUT2D eigenvalue weighted by atomic mass is 31.2. The molecule has 9 nitrogen and oxygen atoms in total. The third-order valence-corrected chi connectivity index (χ3v) is 12.4. The third kappa shape index (κ3) is 46.6. The number of amides is 1. The maximum atomic E-state index is 13.4. The first-order valence-electron chi connectivity index (χ1n) is 26.8. The molecule has 66 heavy (non-hydrogen) atoms. The lowest BCUT2D eigenvalue weighted by molar-refractivity contribution is -0.870. The Labute approximate surface area is 406 Å². The molecule has 0 aliphatic carbocycles. The lowest BCUT2D eigenvalue weighted by atomic mass is 10.0. The van der Waals surface area contributed by atoms with Gasteiger partial charge in [-0.05, 0) is 76.7 Å². The van der Waals surface area contributed by atoms with Crippen molar-refractivity contribution in [2.75, 3.05) is 40.9 Å². The van der Waals surface area contributed by atoms with Crippen LogP contribution in [-0.2, 0) is 27.9 Å². The number of nitrogens with zero attached hydrogens (tertiary/aromatic N) is 1. The van der Waals surface area contributed by atoms with Crippen molar-refractivity contribution in [3.05, 3.63) is 72.9 Å². The molecule has 0 aromatic heterocycles. The predicted molar refractivity (Wildman–Crippen MR) is 281 cm³/mol. The van der Waals surface area contributed by atoms with Gasteiger partial charge in [-0.2, -0.15) is 0 Å². The van der Waals surface area contributed by atoms with E-state index in [0.29, 0.717) is 23.9 Å². The van der Waals surface area contributed by atoms with Crippen LogP contribution >= 0.6 is 7.82 Å². The highest BCUT2D eigenvalue weighted by molar-refractivity contribution is 7.47. The molecule has 2 N–H and O–H groups in total. The van der Waals surface area contributed by atoms with E-state index < -0.39 is 20.0 Å². The number of rotatable bonds is 47. The molecule has 0 aliphatic rings. The van der Waals surface area contributed by atoms with E-state index >= 15 is 0 Å². The molecule has 3 unspecified atom stereocenters. The van der Waals surface area contributed by atoms with E-state index in [1.807, 2.05) is 33.3 Å². The molecular formula is C56H102N2O7P+. The number of likely N-dealkylation sites (N-methyl/N-ethyl adjacent to an activating group) is 1. The molecule has 0 aliphatic heterocycles. The number of unbranched alkanes of at least 4 members (excludes halogenated alkanes) is 23. The number of ether oxygens (including phenoxy) is 1. The quantitative estimate of drug-likeness (QED) is 0.0156. The van der Waals surface area contributed by atoms with Crippen molar-refractivity contribution in [3.63, 3.8) is 0 Å². The van der Waals surface area contributed by atoms with E-state index in [1.54, 1.807) is 0 Å². The van der Waals surface area contributed by atoms with E-state index in [4.69, 9.17) is 13.8 Å². The van der Waals surface area contributed by atoms with Crippen molar-refractivity contribution in [1.82, 2.24) is 5.32 Å². The maximum Gasteiger partial charge on any atom is 0.472 e. The summed E-state index contributed by atoms with van der Waals surface area (Å²) in [5, 5.41) is 3.03. The smallest absolute Gasteiger partial charge is 0.456 e. The van der Waals surface area contributed by atoms with Crippen LogP contribution in [0, 0.1) is 0 Å². The SMILES string of the molecule is CC/C=C/C=C/C=C\CCCCCCCC(=O)OC(/C=C/CCCCCCCCCCCCC)C(COP(=O)(O)OCC[N+](C)(C)C)NC(=O)CCCCCCCCC/C=C/C/C=C/CC. The van der Waals surface area contributed by atoms with Crippen LogP contribution < -0.4 is 5.32 Å². The van der Waals surface area contributed by atoms with Crippen LogP contribution in [0.15, 0.2) is 72.9 Å². The number of nitrogens with one attached hydrogen (secondary N) is 1. The van der Waals surface area contributed by atoms with Gasteiger partial charge in [0, 0.05) is 12.8 Å². The fraction of sp³-hybridized carbons (Fsp3) is 0.750. The molecule has 10 heteroatoms. The summed E-state index contributed by atoms with van der Waals surface area (Å²) in [6, 6.07) is -0.861. The number of esters is 1. The van der Waals surface area contributed by atoms with Gasteiger partial charge in [-0.3, -0.25) is 18.6 Å². The summed E-state index contributed by atoms with van der Waals surface area (Å²) in [5.41, 5.74) is 0. The number of carbonyl (C=O) groups excluding carboxylic acids is 2. The van der Waals surface area contributed by atoms with Gasteiger partial charge in [0.1, 0.15) is 19.3 Å². The molecule has 382 valence electrons. The number of allylic oxidation sites excluding steroid dienone is 11. The van der Waals surface area contributed by atoms with Gasteiger partial charge in [-0.15, -0.1) is 0 Å².